The van der Waals surface area contributed by atoms with Crippen molar-refractivity contribution in [3.63, 3.8) is 0 Å². The third kappa shape index (κ3) is 3.94. The molecule has 0 aliphatic carbocycles. The predicted octanol–water partition coefficient (Wildman–Crippen LogP) is 1.03. The van der Waals surface area contributed by atoms with Crippen LogP contribution in [0.3, 0.4) is 0 Å². The highest BCUT2D eigenvalue weighted by Gasteiger charge is 2.32. The molecule has 1 aliphatic rings. The van der Waals surface area contributed by atoms with Gasteiger partial charge in [-0.2, -0.15) is 0 Å². The summed E-state index contributed by atoms with van der Waals surface area (Å²) in [7, 11) is -3.26. The summed E-state index contributed by atoms with van der Waals surface area (Å²) < 4.78 is 22.6. The standard InChI is InChI=1S/C13H16N2O5S/c1-21(19,20)11-4-2-10(3-5-11)14-13(18)15-7-9(8-15)6-12(16)17/h2-5,9H,6-8H2,1H3,(H,14,18)(H,16,17). The topological polar surface area (TPSA) is 104 Å². The molecule has 2 rings (SSSR count). The van der Waals surface area contributed by atoms with Crippen molar-refractivity contribution in [1.29, 1.82) is 0 Å². The van der Waals surface area contributed by atoms with Gasteiger partial charge in [0.05, 0.1) is 11.3 Å². The van der Waals surface area contributed by atoms with Crippen LogP contribution in [0.15, 0.2) is 29.2 Å². The van der Waals surface area contributed by atoms with Gasteiger partial charge in [0, 0.05) is 31.0 Å². The Balaban J connectivity index is 1.88. The largest absolute Gasteiger partial charge is 0.481 e. The van der Waals surface area contributed by atoms with Crippen molar-refractivity contribution in [2.75, 3.05) is 24.7 Å². The minimum Gasteiger partial charge on any atom is -0.481 e. The summed E-state index contributed by atoms with van der Waals surface area (Å²) >= 11 is 0. The number of aliphatic carboxylic acids is 1. The minimum absolute atomic E-state index is 0.000797. The Bertz CT molecular complexity index is 648. The second kappa shape index (κ2) is 5.72. The molecule has 7 nitrogen and oxygen atoms in total. The monoisotopic (exact) mass is 312 g/mol. The number of likely N-dealkylation sites (tertiary alicyclic amines) is 1. The average Bonchev–Trinajstić information content (AvgIpc) is 2.32. The van der Waals surface area contributed by atoms with Crippen LogP contribution in [-0.2, 0) is 14.6 Å². The summed E-state index contributed by atoms with van der Waals surface area (Å²) in [6.45, 7) is 0.832. The number of amides is 2. The smallest absolute Gasteiger partial charge is 0.321 e. The summed E-state index contributed by atoms with van der Waals surface area (Å²) in [5, 5.41) is 11.3. The maximum Gasteiger partial charge on any atom is 0.321 e. The molecule has 8 heteroatoms. The van der Waals surface area contributed by atoms with Gasteiger partial charge in [0.15, 0.2) is 9.84 Å². The molecule has 0 saturated carbocycles. The SMILES string of the molecule is CS(=O)(=O)c1ccc(NC(=O)N2CC(CC(=O)O)C2)cc1. The Hall–Kier alpha value is -2.09. The number of carbonyl (C=O) groups excluding carboxylic acids is 1. The van der Waals surface area contributed by atoms with E-state index < -0.39 is 15.8 Å². The molecular weight excluding hydrogens is 296 g/mol. The lowest BCUT2D eigenvalue weighted by Crippen LogP contribution is -2.52. The van der Waals surface area contributed by atoms with Crippen LogP contribution >= 0.6 is 0 Å². The zero-order valence-corrected chi connectivity index (χ0v) is 12.3. The van der Waals surface area contributed by atoms with Gasteiger partial charge in [-0.25, -0.2) is 13.2 Å². The van der Waals surface area contributed by atoms with Crippen LogP contribution in [0.2, 0.25) is 0 Å². The fourth-order valence-corrected chi connectivity index (χ4v) is 2.73. The normalized spacial score (nSPS) is 15.4. The number of nitrogens with zero attached hydrogens (tertiary/aromatic N) is 1. The number of hydrogen-bond donors (Lipinski definition) is 2. The molecule has 0 radical (unpaired) electrons. The van der Waals surface area contributed by atoms with Gasteiger partial charge >= 0.3 is 12.0 Å². The summed E-state index contributed by atoms with van der Waals surface area (Å²) in [6, 6.07) is 5.57. The van der Waals surface area contributed by atoms with Gasteiger partial charge in [-0.05, 0) is 24.3 Å². The molecule has 1 heterocycles. The Morgan fingerprint density at radius 1 is 1.29 bits per heavy atom. The maximum absolute atomic E-state index is 11.9. The van der Waals surface area contributed by atoms with Gasteiger partial charge in [-0.1, -0.05) is 0 Å². The van der Waals surface area contributed by atoms with Crippen LogP contribution < -0.4 is 5.32 Å². The van der Waals surface area contributed by atoms with Crippen molar-refractivity contribution in [1.82, 2.24) is 4.90 Å². The lowest BCUT2D eigenvalue weighted by Gasteiger charge is -2.38. The summed E-state index contributed by atoms with van der Waals surface area (Å²) in [6.07, 6.45) is 1.18. The van der Waals surface area contributed by atoms with E-state index in [9.17, 15) is 18.0 Å². The fraction of sp³-hybridized carbons (Fsp3) is 0.385. The van der Waals surface area contributed by atoms with Gasteiger partial charge in [0.2, 0.25) is 0 Å². The molecule has 1 aliphatic heterocycles. The van der Waals surface area contributed by atoms with Crippen molar-refractivity contribution in [2.24, 2.45) is 5.92 Å². The molecule has 1 saturated heterocycles. The predicted molar refractivity (Wildman–Crippen MR) is 75.9 cm³/mol. The second-order valence-corrected chi connectivity index (χ2v) is 7.11. The van der Waals surface area contributed by atoms with E-state index in [1.54, 1.807) is 0 Å². The van der Waals surface area contributed by atoms with E-state index in [1.807, 2.05) is 0 Å². The second-order valence-electron chi connectivity index (χ2n) is 5.10. The van der Waals surface area contributed by atoms with Gasteiger partial charge in [0.25, 0.3) is 0 Å². The van der Waals surface area contributed by atoms with E-state index in [2.05, 4.69) is 5.32 Å². The van der Waals surface area contributed by atoms with E-state index in [1.165, 1.54) is 29.2 Å². The molecule has 114 valence electrons. The molecule has 0 bridgehead atoms. The van der Waals surface area contributed by atoms with E-state index >= 15 is 0 Å². The molecule has 2 N–H and O–H groups in total. The van der Waals surface area contributed by atoms with Crippen molar-refractivity contribution >= 4 is 27.5 Å². The van der Waals surface area contributed by atoms with Crippen LogP contribution in [0.25, 0.3) is 0 Å². The number of rotatable bonds is 4. The molecule has 0 spiro atoms. The molecule has 1 aromatic carbocycles. The first-order valence-electron chi connectivity index (χ1n) is 6.33. The number of urea groups is 1. The Labute approximate surface area is 122 Å². The molecule has 0 unspecified atom stereocenters. The van der Waals surface area contributed by atoms with Gasteiger partial charge in [0.1, 0.15) is 0 Å². The number of hydrogen-bond acceptors (Lipinski definition) is 4. The van der Waals surface area contributed by atoms with E-state index in [0.29, 0.717) is 18.8 Å². The minimum atomic E-state index is -3.26. The Morgan fingerprint density at radius 2 is 1.86 bits per heavy atom. The fourth-order valence-electron chi connectivity index (χ4n) is 2.10. The zero-order valence-electron chi connectivity index (χ0n) is 11.4. The van der Waals surface area contributed by atoms with E-state index in [0.717, 1.165) is 6.26 Å². The first-order chi connectivity index (χ1) is 9.75. The van der Waals surface area contributed by atoms with Crippen molar-refractivity contribution in [3.05, 3.63) is 24.3 Å². The highest BCUT2D eigenvalue weighted by Crippen LogP contribution is 2.21. The molecule has 0 aromatic heterocycles. The van der Waals surface area contributed by atoms with Crippen LogP contribution in [0.1, 0.15) is 6.42 Å². The number of nitrogens with one attached hydrogen (secondary N) is 1. The van der Waals surface area contributed by atoms with Crippen LogP contribution in [0.4, 0.5) is 10.5 Å². The highest BCUT2D eigenvalue weighted by molar-refractivity contribution is 7.90. The number of sulfone groups is 1. The molecule has 21 heavy (non-hydrogen) atoms. The maximum atomic E-state index is 11.9. The first-order valence-corrected chi connectivity index (χ1v) is 8.22. The van der Waals surface area contributed by atoms with Gasteiger partial charge < -0.3 is 15.3 Å². The third-order valence-electron chi connectivity index (χ3n) is 3.24. The third-order valence-corrected chi connectivity index (χ3v) is 4.37. The Kier molecular flexibility index (Phi) is 4.17. The van der Waals surface area contributed by atoms with Crippen molar-refractivity contribution in [2.45, 2.75) is 11.3 Å². The molecule has 2 amide bonds. The molecule has 0 atom stereocenters. The summed E-state index contributed by atoms with van der Waals surface area (Å²) in [4.78, 5) is 24.1. The number of benzene rings is 1. The van der Waals surface area contributed by atoms with Gasteiger partial charge in [-0.3, -0.25) is 4.79 Å². The van der Waals surface area contributed by atoms with Crippen molar-refractivity contribution in [3.8, 4) is 0 Å². The lowest BCUT2D eigenvalue weighted by molar-refractivity contribution is -0.139. The number of anilines is 1. The van der Waals surface area contributed by atoms with E-state index in [-0.39, 0.29) is 23.3 Å². The first kappa shape index (κ1) is 15.3. The Morgan fingerprint density at radius 3 is 2.33 bits per heavy atom. The van der Waals surface area contributed by atoms with Crippen LogP contribution in [-0.4, -0.2) is 49.8 Å². The van der Waals surface area contributed by atoms with E-state index in [4.69, 9.17) is 5.11 Å². The van der Waals surface area contributed by atoms with Crippen LogP contribution in [0.5, 0.6) is 0 Å². The number of carboxylic acids is 1. The van der Waals surface area contributed by atoms with Crippen LogP contribution in [0, 0.1) is 5.92 Å². The van der Waals surface area contributed by atoms with Crippen molar-refractivity contribution < 1.29 is 23.1 Å². The summed E-state index contributed by atoms with van der Waals surface area (Å²) in [5.41, 5.74) is 0.495. The molecule has 1 fully saturated rings. The average molecular weight is 312 g/mol. The lowest BCUT2D eigenvalue weighted by atomic mass is 9.97. The molecule has 1 aromatic rings. The van der Waals surface area contributed by atoms with Gasteiger partial charge in [-0.15, -0.1) is 0 Å². The number of carboxylic acid groups (broad SMARTS) is 1. The highest BCUT2D eigenvalue weighted by atomic mass is 32.2. The summed E-state index contributed by atoms with van der Waals surface area (Å²) in [5.74, 6) is -0.864. The zero-order chi connectivity index (χ0) is 15.6. The number of carbonyl (C=O) groups is 2. The quantitative estimate of drug-likeness (QED) is 0.864. The molecular formula is C13H16N2O5S.